The molecule has 0 aromatic rings. The molecule has 0 aliphatic carbocycles. The van der Waals surface area contributed by atoms with E-state index in [0.29, 0.717) is 0 Å². The van der Waals surface area contributed by atoms with Gasteiger partial charge in [-0.05, 0) is 71.6 Å². The first kappa shape index (κ1) is 15.4. The van der Waals surface area contributed by atoms with Crippen molar-refractivity contribution in [3.8, 4) is 0 Å². The van der Waals surface area contributed by atoms with Crippen molar-refractivity contribution in [1.29, 1.82) is 0 Å². The second-order valence-corrected chi connectivity index (χ2v) is 5.63. The van der Waals surface area contributed by atoms with Crippen molar-refractivity contribution in [2.24, 2.45) is 5.73 Å². The molecule has 1 saturated heterocycles. The highest BCUT2D eigenvalue weighted by Crippen LogP contribution is 2.15. The van der Waals surface area contributed by atoms with Crippen LogP contribution in [0.5, 0.6) is 0 Å². The van der Waals surface area contributed by atoms with E-state index in [1.54, 1.807) is 0 Å². The maximum absolute atomic E-state index is 11.5. The molecular formula is C14H29N3O. The molecule has 4 heteroatoms. The molecule has 1 aliphatic rings. The molecule has 1 amide bonds. The van der Waals surface area contributed by atoms with Crippen molar-refractivity contribution >= 4 is 5.91 Å². The summed E-state index contributed by atoms with van der Waals surface area (Å²) in [5, 5.41) is 3.29. The summed E-state index contributed by atoms with van der Waals surface area (Å²) in [5.74, 6) is -0.225. The van der Waals surface area contributed by atoms with Gasteiger partial charge in [-0.15, -0.1) is 0 Å². The lowest BCUT2D eigenvalue weighted by Gasteiger charge is -2.27. The van der Waals surface area contributed by atoms with E-state index < -0.39 is 5.54 Å². The van der Waals surface area contributed by atoms with Gasteiger partial charge < -0.3 is 16.0 Å². The number of carbonyl (C=O) groups is 1. The summed E-state index contributed by atoms with van der Waals surface area (Å²) in [5.41, 5.74) is 4.98. The van der Waals surface area contributed by atoms with Crippen LogP contribution in [0.25, 0.3) is 0 Å². The van der Waals surface area contributed by atoms with E-state index in [1.807, 2.05) is 6.92 Å². The number of rotatable bonds is 9. The van der Waals surface area contributed by atoms with E-state index in [4.69, 9.17) is 5.73 Å². The minimum Gasteiger partial charge on any atom is -0.368 e. The SMILES string of the molecule is CCCNC(C)(CCCCN1CCCC1)C(N)=O. The largest absolute Gasteiger partial charge is 0.368 e. The molecule has 3 N–H and O–H groups in total. The second-order valence-electron chi connectivity index (χ2n) is 5.63. The average Bonchev–Trinajstić information content (AvgIpc) is 2.85. The quantitative estimate of drug-likeness (QED) is 0.614. The number of amides is 1. The minimum absolute atomic E-state index is 0.225. The number of hydrogen-bond donors (Lipinski definition) is 2. The van der Waals surface area contributed by atoms with Gasteiger partial charge in [0.1, 0.15) is 0 Å². The van der Waals surface area contributed by atoms with Crippen LogP contribution in [0, 0.1) is 0 Å². The number of likely N-dealkylation sites (tertiary alicyclic amines) is 1. The fraction of sp³-hybridized carbons (Fsp3) is 0.929. The highest BCUT2D eigenvalue weighted by molar-refractivity contribution is 5.84. The maximum atomic E-state index is 11.5. The molecule has 1 rings (SSSR count). The van der Waals surface area contributed by atoms with E-state index >= 15 is 0 Å². The van der Waals surface area contributed by atoms with Crippen LogP contribution < -0.4 is 11.1 Å². The third-order valence-corrected chi connectivity index (χ3v) is 3.91. The molecule has 1 fully saturated rings. The van der Waals surface area contributed by atoms with Crippen LogP contribution in [0.3, 0.4) is 0 Å². The first-order chi connectivity index (χ1) is 8.58. The van der Waals surface area contributed by atoms with Crippen LogP contribution in [-0.2, 0) is 4.79 Å². The number of nitrogens with two attached hydrogens (primary N) is 1. The molecule has 0 bridgehead atoms. The Hall–Kier alpha value is -0.610. The van der Waals surface area contributed by atoms with Gasteiger partial charge in [0.15, 0.2) is 0 Å². The van der Waals surface area contributed by atoms with Crippen molar-refractivity contribution in [2.45, 2.75) is 57.9 Å². The molecule has 0 spiro atoms. The Bertz CT molecular complexity index is 251. The summed E-state index contributed by atoms with van der Waals surface area (Å²) in [6, 6.07) is 0. The lowest BCUT2D eigenvalue weighted by atomic mass is 9.93. The summed E-state index contributed by atoms with van der Waals surface area (Å²) in [4.78, 5) is 14.0. The number of nitrogens with one attached hydrogen (secondary N) is 1. The number of primary amides is 1. The fourth-order valence-corrected chi connectivity index (χ4v) is 2.52. The van der Waals surface area contributed by atoms with Gasteiger partial charge in [-0.1, -0.05) is 6.92 Å². The van der Waals surface area contributed by atoms with Crippen LogP contribution >= 0.6 is 0 Å². The monoisotopic (exact) mass is 255 g/mol. The first-order valence-corrected chi connectivity index (χ1v) is 7.36. The molecule has 0 aromatic heterocycles. The lowest BCUT2D eigenvalue weighted by Crippen LogP contribution is -2.53. The number of nitrogens with zero attached hydrogens (tertiary/aromatic N) is 1. The van der Waals surface area contributed by atoms with Gasteiger partial charge in [-0.3, -0.25) is 4.79 Å². The van der Waals surface area contributed by atoms with Crippen molar-refractivity contribution in [2.75, 3.05) is 26.2 Å². The fourth-order valence-electron chi connectivity index (χ4n) is 2.52. The van der Waals surface area contributed by atoms with E-state index in [1.165, 1.54) is 32.5 Å². The molecular weight excluding hydrogens is 226 g/mol. The van der Waals surface area contributed by atoms with E-state index in [-0.39, 0.29) is 5.91 Å². The van der Waals surface area contributed by atoms with Crippen LogP contribution in [0.2, 0.25) is 0 Å². The summed E-state index contributed by atoms with van der Waals surface area (Å²) >= 11 is 0. The molecule has 106 valence electrons. The Morgan fingerprint density at radius 3 is 2.56 bits per heavy atom. The zero-order valence-electron chi connectivity index (χ0n) is 12.0. The number of unbranched alkanes of at least 4 members (excludes halogenated alkanes) is 1. The van der Waals surface area contributed by atoms with Gasteiger partial charge in [0.2, 0.25) is 5.91 Å². The van der Waals surface area contributed by atoms with Gasteiger partial charge in [-0.25, -0.2) is 0 Å². The molecule has 18 heavy (non-hydrogen) atoms. The summed E-state index contributed by atoms with van der Waals surface area (Å²) in [6.07, 6.45) is 6.78. The molecule has 0 saturated carbocycles. The van der Waals surface area contributed by atoms with Gasteiger partial charge in [0.25, 0.3) is 0 Å². The minimum atomic E-state index is -0.527. The normalized spacial score (nSPS) is 19.9. The van der Waals surface area contributed by atoms with E-state index in [0.717, 1.165) is 32.2 Å². The van der Waals surface area contributed by atoms with Crippen molar-refractivity contribution in [1.82, 2.24) is 10.2 Å². The van der Waals surface area contributed by atoms with Gasteiger partial charge in [0.05, 0.1) is 5.54 Å². The summed E-state index contributed by atoms with van der Waals surface area (Å²) < 4.78 is 0. The zero-order chi connectivity index (χ0) is 13.4. The number of carbonyl (C=O) groups excluding carboxylic acids is 1. The number of hydrogen-bond acceptors (Lipinski definition) is 3. The average molecular weight is 255 g/mol. The van der Waals surface area contributed by atoms with Gasteiger partial charge in [-0.2, -0.15) is 0 Å². The second kappa shape index (κ2) is 7.74. The van der Waals surface area contributed by atoms with Crippen LogP contribution in [0.15, 0.2) is 0 Å². The topological polar surface area (TPSA) is 58.4 Å². The Balaban J connectivity index is 2.21. The Kier molecular flexibility index (Phi) is 6.65. The lowest BCUT2D eigenvalue weighted by molar-refractivity contribution is -0.124. The summed E-state index contributed by atoms with van der Waals surface area (Å²) in [7, 11) is 0. The summed E-state index contributed by atoms with van der Waals surface area (Å²) in [6.45, 7) is 8.55. The molecule has 1 heterocycles. The van der Waals surface area contributed by atoms with Crippen LogP contribution in [0.4, 0.5) is 0 Å². The first-order valence-electron chi connectivity index (χ1n) is 7.36. The van der Waals surface area contributed by atoms with Crippen LogP contribution in [0.1, 0.15) is 52.4 Å². The Morgan fingerprint density at radius 1 is 1.33 bits per heavy atom. The molecule has 0 radical (unpaired) electrons. The predicted molar refractivity (Wildman–Crippen MR) is 75.4 cm³/mol. The van der Waals surface area contributed by atoms with Gasteiger partial charge >= 0.3 is 0 Å². The van der Waals surface area contributed by atoms with Crippen molar-refractivity contribution in [3.05, 3.63) is 0 Å². The molecule has 1 aliphatic heterocycles. The highest BCUT2D eigenvalue weighted by Gasteiger charge is 2.29. The highest BCUT2D eigenvalue weighted by atomic mass is 16.1. The van der Waals surface area contributed by atoms with E-state index in [2.05, 4.69) is 17.1 Å². The smallest absolute Gasteiger partial charge is 0.237 e. The standard InChI is InChI=1S/C14H29N3O/c1-3-9-16-14(2,13(15)18)8-4-5-10-17-11-6-7-12-17/h16H,3-12H2,1-2H3,(H2,15,18). The van der Waals surface area contributed by atoms with Crippen molar-refractivity contribution in [3.63, 3.8) is 0 Å². The predicted octanol–water partition coefficient (Wildman–Crippen LogP) is 1.50. The molecule has 0 aromatic carbocycles. The Morgan fingerprint density at radius 2 is 2.00 bits per heavy atom. The van der Waals surface area contributed by atoms with E-state index in [9.17, 15) is 4.79 Å². The van der Waals surface area contributed by atoms with Crippen molar-refractivity contribution < 1.29 is 4.79 Å². The molecule has 1 atom stereocenters. The zero-order valence-corrected chi connectivity index (χ0v) is 12.0. The third kappa shape index (κ3) is 4.94. The maximum Gasteiger partial charge on any atom is 0.237 e. The van der Waals surface area contributed by atoms with Crippen LogP contribution in [-0.4, -0.2) is 42.5 Å². The molecule has 1 unspecified atom stereocenters. The third-order valence-electron chi connectivity index (χ3n) is 3.91. The molecule has 4 nitrogen and oxygen atoms in total. The Labute approximate surface area is 111 Å². The van der Waals surface area contributed by atoms with Gasteiger partial charge in [0, 0.05) is 0 Å².